The third kappa shape index (κ3) is 8.74. The fourth-order valence-corrected chi connectivity index (χ4v) is 3.51. The molecule has 182 valence electrons. The van der Waals surface area contributed by atoms with Crippen molar-refractivity contribution in [3.05, 3.63) is 70.8 Å². The number of hydrogen-bond donors (Lipinski definition) is 3. The number of carbonyl (C=O) groups is 1. The van der Waals surface area contributed by atoms with Gasteiger partial charge in [-0.15, -0.1) is 0 Å². The SMILES string of the molecule is CCc1cccc(C(C)(C)NC[C@@H](O)[C@H](Cc2cc(F)cc(F)c2)NC(=O)OC(C)(C)C)c1. The van der Waals surface area contributed by atoms with Crippen LogP contribution in [0.5, 0.6) is 0 Å². The zero-order valence-electron chi connectivity index (χ0n) is 20.3. The molecule has 2 rings (SSSR count). The number of aryl methyl sites for hydroxylation is 1. The number of alkyl carbamates (subject to hydrolysis) is 1. The number of aliphatic hydroxyl groups is 1. The van der Waals surface area contributed by atoms with E-state index in [1.165, 1.54) is 17.7 Å². The number of hydrogen-bond acceptors (Lipinski definition) is 4. The maximum absolute atomic E-state index is 13.7. The average Bonchev–Trinajstić information content (AvgIpc) is 2.69. The van der Waals surface area contributed by atoms with E-state index in [0.717, 1.165) is 18.1 Å². The van der Waals surface area contributed by atoms with Crippen LogP contribution in [0.25, 0.3) is 0 Å². The van der Waals surface area contributed by atoms with Crippen molar-refractivity contribution >= 4 is 6.09 Å². The van der Waals surface area contributed by atoms with Crippen LogP contribution in [0.1, 0.15) is 58.2 Å². The van der Waals surface area contributed by atoms with Crippen LogP contribution in [0.4, 0.5) is 13.6 Å². The predicted molar refractivity (Wildman–Crippen MR) is 126 cm³/mol. The van der Waals surface area contributed by atoms with Crippen LogP contribution >= 0.6 is 0 Å². The van der Waals surface area contributed by atoms with E-state index in [9.17, 15) is 18.7 Å². The molecule has 0 fully saturated rings. The molecule has 1 amide bonds. The Balaban J connectivity index is 2.17. The highest BCUT2D eigenvalue weighted by Crippen LogP contribution is 2.22. The van der Waals surface area contributed by atoms with Crippen LogP contribution in [0, 0.1) is 11.6 Å². The van der Waals surface area contributed by atoms with Crippen molar-refractivity contribution in [2.45, 2.75) is 77.7 Å². The van der Waals surface area contributed by atoms with E-state index in [-0.39, 0.29) is 13.0 Å². The largest absolute Gasteiger partial charge is 0.444 e. The van der Waals surface area contributed by atoms with Crippen molar-refractivity contribution in [2.75, 3.05) is 6.54 Å². The molecule has 0 saturated carbocycles. The second kappa shape index (κ2) is 11.1. The van der Waals surface area contributed by atoms with E-state index in [4.69, 9.17) is 4.74 Å². The van der Waals surface area contributed by atoms with Crippen LogP contribution < -0.4 is 10.6 Å². The molecule has 0 aliphatic rings. The smallest absolute Gasteiger partial charge is 0.407 e. The van der Waals surface area contributed by atoms with Crippen molar-refractivity contribution in [3.63, 3.8) is 0 Å². The summed E-state index contributed by atoms with van der Waals surface area (Å²) in [5.74, 6) is -1.43. The lowest BCUT2D eigenvalue weighted by Crippen LogP contribution is -2.52. The second-order valence-corrected chi connectivity index (χ2v) is 9.86. The van der Waals surface area contributed by atoms with Crippen LogP contribution in [0.15, 0.2) is 42.5 Å². The fraction of sp³-hybridized carbons (Fsp3) is 0.500. The van der Waals surface area contributed by atoms with Gasteiger partial charge in [0.25, 0.3) is 0 Å². The normalized spacial score (nSPS) is 14.0. The van der Waals surface area contributed by atoms with Gasteiger partial charge >= 0.3 is 6.09 Å². The highest BCUT2D eigenvalue weighted by Gasteiger charge is 2.28. The van der Waals surface area contributed by atoms with E-state index in [1.54, 1.807) is 20.8 Å². The van der Waals surface area contributed by atoms with Gasteiger partial charge in [-0.3, -0.25) is 0 Å². The average molecular weight is 463 g/mol. The van der Waals surface area contributed by atoms with Gasteiger partial charge in [0, 0.05) is 18.2 Å². The topological polar surface area (TPSA) is 70.6 Å². The van der Waals surface area contributed by atoms with Gasteiger partial charge in [-0.05, 0) is 76.3 Å². The van der Waals surface area contributed by atoms with Gasteiger partial charge < -0.3 is 20.5 Å². The zero-order chi connectivity index (χ0) is 24.8. The summed E-state index contributed by atoms with van der Waals surface area (Å²) in [6.07, 6.45) is -0.808. The van der Waals surface area contributed by atoms with Crippen LogP contribution in [-0.2, 0) is 23.1 Å². The fourth-order valence-electron chi connectivity index (χ4n) is 3.51. The van der Waals surface area contributed by atoms with Crippen molar-refractivity contribution in [2.24, 2.45) is 0 Å². The quantitative estimate of drug-likeness (QED) is 0.498. The molecule has 2 atom stereocenters. The Morgan fingerprint density at radius 1 is 1.03 bits per heavy atom. The number of amides is 1. The summed E-state index contributed by atoms with van der Waals surface area (Å²) in [7, 11) is 0. The lowest BCUT2D eigenvalue weighted by atomic mass is 9.91. The minimum atomic E-state index is -1.04. The molecular formula is C26H36F2N2O3. The van der Waals surface area contributed by atoms with E-state index >= 15 is 0 Å². The van der Waals surface area contributed by atoms with Gasteiger partial charge in [0.2, 0.25) is 0 Å². The molecule has 0 bridgehead atoms. The Kier molecular flexibility index (Phi) is 8.97. The predicted octanol–water partition coefficient (Wildman–Crippen LogP) is 4.85. The summed E-state index contributed by atoms with van der Waals surface area (Å²) in [5, 5.41) is 17.0. The maximum Gasteiger partial charge on any atom is 0.407 e. The zero-order valence-corrected chi connectivity index (χ0v) is 20.3. The highest BCUT2D eigenvalue weighted by molar-refractivity contribution is 5.68. The molecular weight excluding hydrogens is 426 g/mol. The summed E-state index contributed by atoms with van der Waals surface area (Å²) >= 11 is 0. The lowest BCUT2D eigenvalue weighted by Gasteiger charge is -2.32. The molecule has 0 unspecified atom stereocenters. The van der Waals surface area contributed by atoms with Crippen molar-refractivity contribution in [3.8, 4) is 0 Å². The molecule has 0 aromatic heterocycles. The molecule has 3 N–H and O–H groups in total. The van der Waals surface area contributed by atoms with Gasteiger partial charge in [0.05, 0.1) is 12.1 Å². The summed E-state index contributed by atoms with van der Waals surface area (Å²) in [6.45, 7) is 11.4. The molecule has 2 aromatic carbocycles. The molecule has 0 heterocycles. The number of nitrogens with one attached hydrogen (secondary N) is 2. The Bertz CT molecular complexity index is 921. The molecule has 0 aliphatic carbocycles. The first-order valence-corrected chi connectivity index (χ1v) is 11.3. The minimum Gasteiger partial charge on any atom is -0.444 e. The van der Waals surface area contributed by atoms with Crippen LogP contribution in [-0.4, -0.2) is 35.5 Å². The summed E-state index contributed by atoms with van der Waals surface area (Å²) in [6, 6.07) is 10.5. The van der Waals surface area contributed by atoms with Crippen LogP contribution in [0.2, 0.25) is 0 Å². The first-order valence-electron chi connectivity index (χ1n) is 11.3. The number of benzene rings is 2. The maximum atomic E-state index is 13.7. The van der Waals surface area contributed by atoms with Gasteiger partial charge in [-0.1, -0.05) is 31.2 Å². The Labute approximate surface area is 195 Å². The standard InChI is InChI=1S/C26H36F2N2O3/c1-7-17-9-8-10-19(11-17)26(5,6)29-16-23(31)22(30-24(32)33-25(2,3)4)14-18-12-20(27)15-21(28)13-18/h8-13,15,22-23,29,31H,7,14,16H2,1-6H3,(H,30,32)/t22-,23+/m0/s1. The van der Waals surface area contributed by atoms with Gasteiger partial charge in [-0.2, -0.15) is 0 Å². The van der Waals surface area contributed by atoms with E-state index in [2.05, 4.69) is 29.7 Å². The first-order chi connectivity index (χ1) is 15.3. The van der Waals surface area contributed by atoms with Gasteiger partial charge in [-0.25, -0.2) is 13.6 Å². The Morgan fingerprint density at radius 3 is 2.24 bits per heavy atom. The van der Waals surface area contributed by atoms with Crippen molar-refractivity contribution in [1.29, 1.82) is 0 Å². The van der Waals surface area contributed by atoms with Crippen LogP contribution in [0.3, 0.4) is 0 Å². The number of halogens is 2. The number of carbonyl (C=O) groups excluding carboxylic acids is 1. The Hall–Kier alpha value is -2.51. The second-order valence-electron chi connectivity index (χ2n) is 9.86. The van der Waals surface area contributed by atoms with Gasteiger partial charge in [0.15, 0.2) is 0 Å². The van der Waals surface area contributed by atoms with E-state index < -0.39 is 41.0 Å². The van der Waals surface area contributed by atoms with Crippen molar-refractivity contribution in [1.82, 2.24) is 10.6 Å². The monoisotopic (exact) mass is 462 g/mol. The number of aliphatic hydroxyl groups excluding tert-OH is 1. The minimum absolute atomic E-state index is 0.0303. The summed E-state index contributed by atoms with van der Waals surface area (Å²) in [4.78, 5) is 12.4. The number of ether oxygens (including phenoxy) is 1. The lowest BCUT2D eigenvalue weighted by molar-refractivity contribution is 0.0415. The molecule has 0 spiro atoms. The molecule has 0 radical (unpaired) electrons. The van der Waals surface area contributed by atoms with E-state index in [1.807, 2.05) is 26.0 Å². The molecule has 5 nitrogen and oxygen atoms in total. The first kappa shape index (κ1) is 26.7. The molecule has 33 heavy (non-hydrogen) atoms. The molecule has 0 saturated heterocycles. The summed E-state index contributed by atoms with van der Waals surface area (Å²) < 4.78 is 32.7. The Morgan fingerprint density at radius 2 is 1.67 bits per heavy atom. The molecule has 7 heteroatoms. The van der Waals surface area contributed by atoms with Crippen molar-refractivity contribution < 1.29 is 23.4 Å². The third-order valence-corrected chi connectivity index (χ3v) is 5.35. The van der Waals surface area contributed by atoms with E-state index in [0.29, 0.717) is 5.56 Å². The molecule has 0 aliphatic heterocycles. The highest BCUT2D eigenvalue weighted by atomic mass is 19.1. The van der Waals surface area contributed by atoms with Gasteiger partial charge in [0.1, 0.15) is 17.2 Å². The third-order valence-electron chi connectivity index (χ3n) is 5.35. The summed E-state index contributed by atoms with van der Waals surface area (Å²) in [5.41, 5.74) is 1.42. The molecule has 2 aromatic rings. The number of rotatable bonds is 9.